The normalized spacial score (nSPS) is 13.4. The summed E-state index contributed by atoms with van der Waals surface area (Å²) in [6, 6.07) is 18.6. The smallest absolute Gasteiger partial charge is 0.410 e. The molecule has 0 spiro atoms. The molecule has 214 valence electrons. The second kappa shape index (κ2) is 13.1. The van der Waals surface area contributed by atoms with Crippen LogP contribution in [0.25, 0.3) is 0 Å². The lowest BCUT2D eigenvalue weighted by atomic mass is 10.0. The third-order valence-corrected chi connectivity index (χ3v) is 8.20. The third kappa shape index (κ3) is 8.25. The van der Waals surface area contributed by atoms with Crippen molar-refractivity contribution in [3.05, 3.63) is 70.6 Å². The SMILES string of the molecule is CC(Sc1cccc(NC(=O)COc2ccccc2)c1)C(=O)Nc1sc2c(c1C#N)CCN(C(=O)OC(C)(C)C)C2. The highest BCUT2D eigenvalue weighted by Gasteiger charge is 2.30. The Morgan fingerprint density at radius 3 is 2.59 bits per heavy atom. The Bertz CT molecular complexity index is 1460. The number of hydrogen-bond acceptors (Lipinski definition) is 8. The third-order valence-electron chi connectivity index (χ3n) is 5.97. The summed E-state index contributed by atoms with van der Waals surface area (Å²) < 4.78 is 11.0. The van der Waals surface area contributed by atoms with E-state index < -0.39 is 16.9 Å². The number of carbonyl (C=O) groups is 3. The first kappa shape index (κ1) is 30.0. The number of thioether (sulfide) groups is 1. The van der Waals surface area contributed by atoms with E-state index >= 15 is 0 Å². The van der Waals surface area contributed by atoms with Gasteiger partial charge in [0, 0.05) is 22.0 Å². The molecule has 1 atom stereocenters. The van der Waals surface area contributed by atoms with Gasteiger partial charge in [0.15, 0.2) is 6.61 Å². The molecule has 41 heavy (non-hydrogen) atoms. The van der Waals surface area contributed by atoms with Crippen LogP contribution in [0.2, 0.25) is 0 Å². The summed E-state index contributed by atoms with van der Waals surface area (Å²) in [6.45, 7) is 7.89. The molecule has 1 aliphatic heterocycles. The number of anilines is 2. The van der Waals surface area contributed by atoms with Crippen LogP contribution in [0.5, 0.6) is 5.75 Å². The van der Waals surface area contributed by atoms with Gasteiger partial charge in [0.1, 0.15) is 22.4 Å². The maximum absolute atomic E-state index is 13.1. The molecule has 0 saturated carbocycles. The van der Waals surface area contributed by atoms with Crippen LogP contribution in [-0.2, 0) is 27.3 Å². The highest BCUT2D eigenvalue weighted by Crippen LogP contribution is 2.37. The fourth-order valence-electron chi connectivity index (χ4n) is 4.07. The molecule has 0 fully saturated rings. The predicted octanol–water partition coefficient (Wildman–Crippen LogP) is 6.05. The van der Waals surface area contributed by atoms with Crippen molar-refractivity contribution in [2.24, 2.45) is 0 Å². The summed E-state index contributed by atoms with van der Waals surface area (Å²) in [4.78, 5) is 41.3. The minimum absolute atomic E-state index is 0.123. The van der Waals surface area contributed by atoms with E-state index in [1.54, 1.807) is 42.2 Å². The van der Waals surface area contributed by atoms with Gasteiger partial charge in [-0.1, -0.05) is 24.3 Å². The Hall–Kier alpha value is -4.01. The molecule has 3 aromatic rings. The van der Waals surface area contributed by atoms with Gasteiger partial charge in [0.05, 0.1) is 17.4 Å². The van der Waals surface area contributed by atoms with E-state index in [1.807, 2.05) is 45.0 Å². The lowest BCUT2D eigenvalue weighted by molar-refractivity contribution is -0.118. The summed E-state index contributed by atoms with van der Waals surface area (Å²) in [6.07, 6.45) is 0.121. The Morgan fingerprint density at radius 1 is 1.12 bits per heavy atom. The topological polar surface area (TPSA) is 121 Å². The lowest BCUT2D eigenvalue weighted by Gasteiger charge is -2.29. The van der Waals surface area contributed by atoms with Crippen LogP contribution < -0.4 is 15.4 Å². The number of para-hydroxylation sites is 1. The number of nitriles is 1. The monoisotopic (exact) mass is 592 g/mol. The van der Waals surface area contributed by atoms with Gasteiger partial charge in [-0.15, -0.1) is 23.1 Å². The molecule has 2 heterocycles. The van der Waals surface area contributed by atoms with Crippen LogP contribution in [0.4, 0.5) is 15.5 Å². The van der Waals surface area contributed by atoms with Crippen LogP contribution in [0.15, 0.2) is 59.5 Å². The maximum Gasteiger partial charge on any atom is 0.410 e. The first-order chi connectivity index (χ1) is 19.5. The van der Waals surface area contributed by atoms with Gasteiger partial charge >= 0.3 is 6.09 Å². The van der Waals surface area contributed by atoms with Crippen molar-refractivity contribution in [3.8, 4) is 11.8 Å². The number of nitrogens with one attached hydrogen (secondary N) is 2. The van der Waals surface area contributed by atoms with E-state index in [-0.39, 0.29) is 18.4 Å². The molecule has 2 aromatic carbocycles. The zero-order valence-corrected chi connectivity index (χ0v) is 25.0. The first-order valence-electron chi connectivity index (χ1n) is 13.1. The number of hydrogen-bond donors (Lipinski definition) is 2. The minimum atomic E-state index is -0.598. The van der Waals surface area contributed by atoms with Crippen LogP contribution in [0.3, 0.4) is 0 Å². The fraction of sp³-hybridized carbons (Fsp3) is 0.333. The van der Waals surface area contributed by atoms with E-state index in [2.05, 4.69) is 16.7 Å². The van der Waals surface area contributed by atoms with Crippen molar-refractivity contribution in [2.75, 3.05) is 23.8 Å². The average Bonchev–Trinajstić information content (AvgIpc) is 3.27. The van der Waals surface area contributed by atoms with E-state index in [1.165, 1.54) is 23.1 Å². The minimum Gasteiger partial charge on any atom is -0.484 e. The van der Waals surface area contributed by atoms with Crippen molar-refractivity contribution in [1.29, 1.82) is 5.26 Å². The number of rotatable bonds is 8. The first-order valence-corrected chi connectivity index (χ1v) is 14.8. The van der Waals surface area contributed by atoms with Crippen LogP contribution in [-0.4, -0.2) is 46.8 Å². The zero-order valence-electron chi connectivity index (χ0n) is 23.4. The van der Waals surface area contributed by atoms with E-state index in [0.717, 1.165) is 15.3 Å². The summed E-state index contributed by atoms with van der Waals surface area (Å²) in [5, 5.41) is 15.6. The summed E-state index contributed by atoms with van der Waals surface area (Å²) in [7, 11) is 0. The number of fused-ring (bicyclic) bond motifs is 1. The van der Waals surface area contributed by atoms with Crippen LogP contribution >= 0.6 is 23.1 Å². The molecule has 3 amide bonds. The average molecular weight is 593 g/mol. The van der Waals surface area contributed by atoms with Gasteiger partial charge in [0.2, 0.25) is 5.91 Å². The van der Waals surface area contributed by atoms with Crippen molar-refractivity contribution in [3.63, 3.8) is 0 Å². The van der Waals surface area contributed by atoms with Gasteiger partial charge in [-0.25, -0.2) is 4.79 Å². The second-order valence-corrected chi connectivity index (χ2v) is 12.9. The molecule has 0 radical (unpaired) electrons. The molecular weight excluding hydrogens is 560 g/mol. The Morgan fingerprint density at radius 2 is 1.88 bits per heavy atom. The van der Waals surface area contributed by atoms with Crippen molar-refractivity contribution in [2.45, 2.75) is 56.4 Å². The number of carbonyl (C=O) groups excluding carboxylic acids is 3. The number of benzene rings is 2. The molecule has 9 nitrogen and oxygen atoms in total. The fourth-order valence-corrected chi connectivity index (χ4v) is 6.22. The molecular formula is C30H32N4O5S2. The number of nitrogens with zero attached hydrogens (tertiary/aromatic N) is 2. The Labute approximate surface area is 247 Å². The van der Waals surface area contributed by atoms with E-state index in [4.69, 9.17) is 9.47 Å². The van der Waals surface area contributed by atoms with E-state index in [0.29, 0.717) is 41.5 Å². The Balaban J connectivity index is 1.35. The van der Waals surface area contributed by atoms with Gasteiger partial charge in [-0.3, -0.25) is 9.59 Å². The highest BCUT2D eigenvalue weighted by molar-refractivity contribution is 8.00. The second-order valence-electron chi connectivity index (χ2n) is 10.4. The molecule has 4 rings (SSSR count). The maximum atomic E-state index is 13.1. The quantitative estimate of drug-likeness (QED) is 0.306. The van der Waals surface area contributed by atoms with Crippen molar-refractivity contribution in [1.82, 2.24) is 4.90 Å². The molecule has 0 bridgehead atoms. The molecule has 0 saturated heterocycles. The molecule has 0 aliphatic carbocycles. The summed E-state index contributed by atoms with van der Waals surface area (Å²) >= 11 is 2.66. The highest BCUT2D eigenvalue weighted by atomic mass is 32.2. The standard InChI is InChI=1S/C30H32N4O5S2/c1-19(40-22-12-8-9-20(15-22)32-26(35)18-38-21-10-6-5-7-11-21)27(36)33-28-24(16-31)23-13-14-34(17-25(23)41-28)29(37)39-30(2,3)4/h5-12,15,19H,13-14,17-18H2,1-4H3,(H,32,35)(H,33,36). The number of thiophene rings is 1. The van der Waals surface area contributed by atoms with E-state index in [9.17, 15) is 19.6 Å². The zero-order chi connectivity index (χ0) is 29.6. The molecule has 11 heteroatoms. The van der Waals surface area contributed by atoms with Crippen LogP contribution in [0, 0.1) is 11.3 Å². The van der Waals surface area contributed by atoms with Gasteiger partial charge in [-0.2, -0.15) is 5.26 Å². The van der Waals surface area contributed by atoms with Gasteiger partial charge < -0.3 is 25.0 Å². The number of ether oxygens (including phenoxy) is 2. The molecule has 2 N–H and O–H groups in total. The predicted molar refractivity (Wildman–Crippen MR) is 160 cm³/mol. The summed E-state index contributed by atoms with van der Waals surface area (Å²) in [5.74, 6) is 0.0656. The number of amides is 3. The van der Waals surface area contributed by atoms with Gasteiger partial charge in [0.25, 0.3) is 5.91 Å². The summed E-state index contributed by atoms with van der Waals surface area (Å²) in [5.41, 5.74) is 1.31. The van der Waals surface area contributed by atoms with Crippen molar-refractivity contribution >= 4 is 51.7 Å². The van der Waals surface area contributed by atoms with Crippen LogP contribution in [0.1, 0.15) is 43.7 Å². The Kier molecular flexibility index (Phi) is 9.57. The van der Waals surface area contributed by atoms with Crippen molar-refractivity contribution < 1.29 is 23.9 Å². The molecule has 1 aromatic heterocycles. The van der Waals surface area contributed by atoms with Gasteiger partial charge in [-0.05, 0) is 70.0 Å². The largest absolute Gasteiger partial charge is 0.484 e. The lowest BCUT2D eigenvalue weighted by Crippen LogP contribution is -2.39. The molecule has 1 unspecified atom stereocenters. The molecule has 1 aliphatic rings.